The maximum atomic E-state index is 10.3. The van der Waals surface area contributed by atoms with E-state index in [9.17, 15) is 4.79 Å². The van der Waals surface area contributed by atoms with E-state index < -0.39 is 0 Å². The van der Waals surface area contributed by atoms with Gasteiger partial charge in [0.15, 0.2) is 0 Å². The molecular weight excluding hydrogens is 198 g/mol. The summed E-state index contributed by atoms with van der Waals surface area (Å²) in [6.45, 7) is 0. The van der Waals surface area contributed by atoms with Crippen LogP contribution in [0.15, 0.2) is 41.4 Å². The summed E-state index contributed by atoms with van der Waals surface area (Å²) in [6.07, 6.45) is 2.41. The predicted molar refractivity (Wildman–Crippen MR) is 61.3 cm³/mol. The number of carbonyl (C=O) groups excluding carboxylic acids is 1. The third-order valence-corrected chi connectivity index (χ3v) is 2.91. The Hall–Kier alpha value is -2.18. The van der Waals surface area contributed by atoms with Crippen LogP contribution in [0, 0.1) is 6.07 Å². The van der Waals surface area contributed by atoms with Gasteiger partial charge in [-0.05, 0) is 22.3 Å². The van der Waals surface area contributed by atoms with Gasteiger partial charge < -0.3 is 0 Å². The summed E-state index contributed by atoms with van der Waals surface area (Å²) >= 11 is 0. The molecule has 0 fully saturated rings. The van der Waals surface area contributed by atoms with E-state index in [2.05, 4.69) is 23.2 Å². The second-order valence-corrected chi connectivity index (χ2v) is 3.76. The summed E-state index contributed by atoms with van der Waals surface area (Å²) in [5.74, 6) is 0. The van der Waals surface area contributed by atoms with E-state index in [1.165, 1.54) is 11.1 Å². The second kappa shape index (κ2) is 3.44. The zero-order chi connectivity index (χ0) is 11.0. The zero-order valence-electron chi connectivity index (χ0n) is 8.53. The molecule has 75 valence electrons. The summed E-state index contributed by atoms with van der Waals surface area (Å²) in [4.78, 5) is 14.0. The lowest BCUT2D eigenvalue weighted by Gasteiger charge is -2.01. The molecule has 0 N–H and O–H groups in total. The number of isocyanates is 1. The minimum Gasteiger partial charge on any atom is -0.211 e. The molecule has 0 saturated carbocycles. The van der Waals surface area contributed by atoms with Gasteiger partial charge in [0, 0.05) is 12.5 Å². The van der Waals surface area contributed by atoms with Crippen LogP contribution < -0.4 is 0 Å². The average molecular weight is 206 g/mol. The van der Waals surface area contributed by atoms with E-state index in [0.717, 1.165) is 17.5 Å². The van der Waals surface area contributed by atoms with Crippen molar-refractivity contribution in [2.75, 3.05) is 0 Å². The van der Waals surface area contributed by atoms with Gasteiger partial charge in [-0.25, -0.2) is 4.79 Å². The summed E-state index contributed by atoms with van der Waals surface area (Å²) in [7, 11) is 0. The van der Waals surface area contributed by atoms with Crippen LogP contribution >= 0.6 is 0 Å². The average Bonchev–Trinajstić information content (AvgIpc) is 2.69. The van der Waals surface area contributed by atoms with Gasteiger partial charge in [0.1, 0.15) is 0 Å². The second-order valence-electron chi connectivity index (χ2n) is 3.76. The zero-order valence-corrected chi connectivity index (χ0v) is 8.53. The van der Waals surface area contributed by atoms with E-state index in [-0.39, 0.29) is 0 Å². The molecule has 0 aromatic heterocycles. The van der Waals surface area contributed by atoms with Crippen molar-refractivity contribution in [2.45, 2.75) is 6.42 Å². The van der Waals surface area contributed by atoms with Gasteiger partial charge in [0.25, 0.3) is 0 Å². The van der Waals surface area contributed by atoms with Gasteiger partial charge in [-0.2, -0.15) is 4.99 Å². The minimum atomic E-state index is 0.615. The molecule has 1 radical (unpaired) electrons. The van der Waals surface area contributed by atoms with Crippen molar-refractivity contribution in [3.05, 3.63) is 53.6 Å². The van der Waals surface area contributed by atoms with Crippen molar-refractivity contribution in [1.82, 2.24) is 0 Å². The van der Waals surface area contributed by atoms with Crippen molar-refractivity contribution >= 4 is 11.8 Å². The quantitative estimate of drug-likeness (QED) is 0.444. The molecule has 3 rings (SSSR count). The Balaban J connectivity index is 2.27. The highest BCUT2D eigenvalue weighted by Crippen LogP contribution is 2.40. The summed E-state index contributed by atoms with van der Waals surface area (Å²) in [6, 6.07) is 15.0. The molecule has 0 unspecified atom stereocenters. The molecular formula is C14H8NO. The standard InChI is InChI=1S/C14H8NO/c16-9-15-14-7-3-6-12-11-5-2-1-4-10(11)8-13(12)14/h1-6H,8H2. The van der Waals surface area contributed by atoms with Crippen LogP contribution in [-0.4, -0.2) is 6.08 Å². The topological polar surface area (TPSA) is 29.4 Å². The number of hydrogen-bond acceptors (Lipinski definition) is 2. The molecule has 2 aromatic rings. The molecule has 2 nitrogen and oxygen atoms in total. The molecule has 0 bridgehead atoms. The van der Waals surface area contributed by atoms with Crippen LogP contribution in [0.2, 0.25) is 0 Å². The Morgan fingerprint density at radius 1 is 1.19 bits per heavy atom. The molecule has 2 heteroatoms. The molecule has 0 atom stereocenters. The fourth-order valence-corrected chi connectivity index (χ4v) is 2.22. The van der Waals surface area contributed by atoms with E-state index in [1.54, 1.807) is 12.1 Å². The third kappa shape index (κ3) is 1.21. The highest BCUT2D eigenvalue weighted by atomic mass is 16.1. The lowest BCUT2D eigenvalue weighted by molar-refractivity contribution is 0.565. The predicted octanol–water partition coefficient (Wildman–Crippen LogP) is 3.03. The molecule has 1 aliphatic rings. The van der Waals surface area contributed by atoms with Crippen molar-refractivity contribution < 1.29 is 4.79 Å². The molecule has 1 aliphatic carbocycles. The SMILES string of the molecule is O=C=Nc1[c]ccc2c1Cc1ccccc1-2. The van der Waals surface area contributed by atoms with Crippen LogP contribution in [0.4, 0.5) is 5.69 Å². The van der Waals surface area contributed by atoms with Gasteiger partial charge in [-0.15, -0.1) is 0 Å². The van der Waals surface area contributed by atoms with Crippen molar-refractivity contribution in [2.24, 2.45) is 4.99 Å². The van der Waals surface area contributed by atoms with Gasteiger partial charge in [0.05, 0.1) is 5.69 Å². The summed E-state index contributed by atoms with van der Waals surface area (Å²) < 4.78 is 0. The third-order valence-electron chi connectivity index (χ3n) is 2.91. The van der Waals surface area contributed by atoms with Crippen molar-refractivity contribution in [1.29, 1.82) is 0 Å². The molecule has 0 saturated heterocycles. The number of aliphatic imine (C=N–C) groups is 1. The van der Waals surface area contributed by atoms with Crippen molar-refractivity contribution in [3.63, 3.8) is 0 Å². The summed E-state index contributed by atoms with van der Waals surface area (Å²) in [5.41, 5.74) is 5.35. The molecule has 0 aliphatic heterocycles. The van der Waals surface area contributed by atoms with Gasteiger partial charge >= 0.3 is 0 Å². The first-order valence-electron chi connectivity index (χ1n) is 5.10. The van der Waals surface area contributed by atoms with E-state index >= 15 is 0 Å². The molecule has 16 heavy (non-hydrogen) atoms. The lowest BCUT2D eigenvalue weighted by Crippen LogP contribution is -1.81. The van der Waals surface area contributed by atoms with Gasteiger partial charge in [-0.1, -0.05) is 36.4 Å². The van der Waals surface area contributed by atoms with E-state index in [1.807, 2.05) is 18.2 Å². The normalized spacial score (nSPS) is 11.5. The Bertz CT molecular complexity index is 610. The first-order chi connectivity index (χ1) is 7.90. The smallest absolute Gasteiger partial charge is 0.211 e. The maximum Gasteiger partial charge on any atom is 0.240 e. The molecule has 0 amide bonds. The highest BCUT2D eigenvalue weighted by Gasteiger charge is 2.20. The summed E-state index contributed by atoms with van der Waals surface area (Å²) in [5, 5.41) is 0. The van der Waals surface area contributed by atoms with Crippen LogP contribution in [-0.2, 0) is 11.2 Å². The molecule has 0 spiro atoms. The number of hydrogen-bond donors (Lipinski definition) is 0. The van der Waals surface area contributed by atoms with Gasteiger partial charge in [-0.3, -0.25) is 0 Å². The molecule has 2 aromatic carbocycles. The number of fused-ring (bicyclic) bond motifs is 3. The van der Waals surface area contributed by atoms with Crippen LogP contribution in [0.1, 0.15) is 11.1 Å². The Labute approximate surface area is 93.3 Å². The number of benzene rings is 2. The Kier molecular flexibility index (Phi) is 1.95. The van der Waals surface area contributed by atoms with E-state index in [4.69, 9.17) is 0 Å². The first kappa shape index (κ1) is 9.08. The lowest BCUT2D eigenvalue weighted by atomic mass is 10.1. The van der Waals surface area contributed by atoms with Crippen LogP contribution in [0.25, 0.3) is 11.1 Å². The fraction of sp³-hybridized carbons (Fsp3) is 0.0714. The Morgan fingerprint density at radius 3 is 2.94 bits per heavy atom. The first-order valence-corrected chi connectivity index (χ1v) is 5.10. The maximum absolute atomic E-state index is 10.3. The minimum absolute atomic E-state index is 0.615. The monoisotopic (exact) mass is 206 g/mol. The van der Waals surface area contributed by atoms with Crippen LogP contribution in [0.5, 0.6) is 0 Å². The number of nitrogens with zero attached hydrogens (tertiary/aromatic N) is 1. The van der Waals surface area contributed by atoms with E-state index in [0.29, 0.717) is 5.69 Å². The van der Waals surface area contributed by atoms with Crippen LogP contribution in [0.3, 0.4) is 0 Å². The van der Waals surface area contributed by atoms with Crippen molar-refractivity contribution in [3.8, 4) is 11.1 Å². The molecule has 0 heterocycles. The highest BCUT2D eigenvalue weighted by molar-refractivity contribution is 5.81. The fourth-order valence-electron chi connectivity index (χ4n) is 2.22. The van der Waals surface area contributed by atoms with Gasteiger partial charge in [0.2, 0.25) is 6.08 Å². The largest absolute Gasteiger partial charge is 0.240 e. The number of rotatable bonds is 1. The Morgan fingerprint density at radius 2 is 2.06 bits per heavy atom.